The molecule has 2 aromatic heterocycles. The molecule has 7 heteroatoms. The van der Waals surface area contributed by atoms with Crippen molar-refractivity contribution in [3.05, 3.63) is 27.1 Å². The summed E-state index contributed by atoms with van der Waals surface area (Å²) in [6.45, 7) is 3.66. The van der Waals surface area contributed by atoms with Crippen molar-refractivity contribution in [2.75, 3.05) is 24.3 Å². The zero-order chi connectivity index (χ0) is 14.4. The van der Waals surface area contributed by atoms with Gasteiger partial charge in [0.15, 0.2) is 11.6 Å². The van der Waals surface area contributed by atoms with E-state index < -0.39 is 0 Å². The van der Waals surface area contributed by atoms with Crippen LogP contribution in [0.4, 0.5) is 11.6 Å². The zero-order valence-corrected chi connectivity index (χ0v) is 13.8. The lowest BCUT2D eigenvalue weighted by atomic mass is 10.4. The van der Waals surface area contributed by atoms with Crippen molar-refractivity contribution in [1.82, 2.24) is 9.97 Å². The molecule has 108 valence electrons. The van der Waals surface area contributed by atoms with E-state index in [4.69, 9.17) is 4.74 Å². The Kier molecular flexibility index (Phi) is 5.60. The zero-order valence-electron chi connectivity index (χ0n) is 11.4. The number of aromatic nitrogens is 2. The number of hydrogen-bond acceptors (Lipinski definition) is 6. The van der Waals surface area contributed by atoms with E-state index in [9.17, 15) is 0 Å². The average molecular weight is 357 g/mol. The lowest BCUT2D eigenvalue weighted by Crippen LogP contribution is -2.08. The Morgan fingerprint density at radius 2 is 2.00 bits per heavy atom. The van der Waals surface area contributed by atoms with Gasteiger partial charge < -0.3 is 15.4 Å². The Labute approximate surface area is 130 Å². The highest BCUT2D eigenvalue weighted by Gasteiger charge is 2.11. The molecule has 0 aliphatic rings. The molecule has 0 atom stereocenters. The first kappa shape index (κ1) is 15.1. The van der Waals surface area contributed by atoms with Gasteiger partial charge in [-0.25, -0.2) is 9.97 Å². The number of ether oxygens (including phenoxy) is 1. The Hall–Kier alpha value is -1.34. The number of nitrogens with one attached hydrogen (secondary N) is 2. The molecule has 0 radical (unpaired) electrons. The van der Waals surface area contributed by atoms with E-state index in [1.165, 1.54) is 11.2 Å². The van der Waals surface area contributed by atoms with Crippen LogP contribution < -0.4 is 15.4 Å². The quantitative estimate of drug-likeness (QED) is 0.791. The summed E-state index contributed by atoms with van der Waals surface area (Å²) in [5, 5.41) is 6.52. The maximum absolute atomic E-state index is 5.41. The van der Waals surface area contributed by atoms with E-state index in [1.807, 2.05) is 6.07 Å². The van der Waals surface area contributed by atoms with E-state index in [0.717, 1.165) is 22.6 Å². The van der Waals surface area contributed by atoms with Crippen LogP contribution in [0.2, 0.25) is 0 Å². The number of rotatable bonds is 7. The second-order valence-electron chi connectivity index (χ2n) is 4.09. The third-order valence-electron chi connectivity index (χ3n) is 2.61. The third kappa shape index (κ3) is 3.83. The van der Waals surface area contributed by atoms with Crippen LogP contribution in [0.1, 0.15) is 18.2 Å². The van der Waals surface area contributed by atoms with Gasteiger partial charge in [-0.1, -0.05) is 6.92 Å². The number of nitrogens with zero attached hydrogens (tertiary/aromatic N) is 2. The first-order chi connectivity index (χ1) is 9.74. The largest absolute Gasteiger partial charge is 0.490 e. The first-order valence-corrected chi connectivity index (χ1v) is 7.96. The molecular weight excluding hydrogens is 340 g/mol. The molecule has 0 unspecified atom stereocenters. The fourth-order valence-corrected chi connectivity index (χ4v) is 3.10. The van der Waals surface area contributed by atoms with Crippen molar-refractivity contribution < 1.29 is 4.74 Å². The summed E-state index contributed by atoms with van der Waals surface area (Å²) in [5.41, 5.74) is 0. The van der Waals surface area contributed by atoms with Gasteiger partial charge in [-0.15, -0.1) is 11.3 Å². The van der Waals surface area contributed by atoms with Crippen LogP contribution in [0.25, 0.3) is 0 Å². The van der Waals surface area contributed by atoms with Gasteiger partial charge in [0.1, 0.15) is 6.33 Å². The lowest BCUT2D eigenvalue weighted by Gasteiger charge is -2.13. The molecule has 0 aliphatic carbocycles. The van der Waals surface area contributed by atoms with E-state index >= 15 is 0 Å². The van der Waals surface area contributed by atoms with Gasteiger partial charge in [0.25, 0.3) is 0 Å². The van der Waals surface area contributed by atoms with E-state index in [-0.39, 0.29) is 0 Å². The van der Waals surface area contributed by atoms with Gasteiger partial charge in [-0.3, -0.25) is 0 Å². The number of halogens is 1. The Morgan fingerprint density at radius 3 is 2.60 bits per heavy atom. The van der Waals surface area contributed by atoms with Crippen molar-refractivity contribution in [3.63, 3.8) is 0 Å². The second kappa shape index (κ2) is 7.44. The summed E-state index contributed by atoms with van der Waals surface area (Å²) in [6.07, 6.45) is 2.56. The fourth-order valence-electron chi connectivity index (χ4n) is 1.68. The lowest BCUT2D eigenvalue weighted by molar-refractivity contribution is 0.414. The smallest absolute Gasteiger partial charge is 0.204 e. The minimum Gasteiger partial charge on any atom is -0.490 e. The molecule has 0 saturated carbocycles. The molecule has 0 fully saturated rings. The molecule has 2 heterocycles. The molecule has 0 amide bonds. The van der Waals surface area contributed by atoms with Crippen molar-refractivity contribution in [3.8, 4) is 5.75 Å². The van der Waals surface area contributed by atoms with Gasteiger partial charge in [0.2, 0.25) is 5.75 Å². The van der Waals surface area contributed by atoms with Crippen LogP contribution in [0.3, 0.4) is 0 Å². The monoisotopic (exact) mass is 356 g/mol. The molecule has 2 N–H and O–H groups in total. The Morgan fingerprint density at radius 1 is 1.25 bits per heavy atom. The van der Waals surface area contributed by atoms with Crippen LogP contribution >= 0.6 is 27.3 Å². The standard InChI is InChI=1S/C13H17BrN4OS/c1-3-6-15-12-11(19-2)13(18-8-17-12)16-7-9-4-5-10(14)20-9/h4-5,8H,3,6-7H2,1-2H3,(H2,15,16,17,18). The topological polar surface area (TPSA) is 59.1 Å². The number of anilines is 2. The minimum absolute atomic E-state index is 0.650. The van der Waals surface area contributed by atoms with Crippen molar-refractivity contribution >= 4 is 38.9 Å². The highest BCUT2D eigenvalue weighted by atomic mass is 79.9. The summed E-state index contributed by atoms with van der Waals surface area (Å²) in [6, 6.07) is 4.11. The number of hydrogen-bond donors (Lipinski definition) is 2. The summed E-state index contributed by atoms with van der Waals surface area (Å²) in [5.74, 6) is 2.07. The van der Waals surface area contributed by atoms with Gasteiger partial charge in [-0.2, -0.15) is 0 Å². The SMILES string of the molecule is CCCNc1ncnc(NCc2ccc(Br)s2)c1OC. The predicted octanol–water partition coefficient (Wildman–Crippen LogP) is 3.74. The highest BCUT2D eigenvalue weighted by Crippen LogP contribution is 2.30. The van der Waals surface area contributed by atoms with Crippen LogP contribution in [-0.2, 0) is 6.54 Å². The normalized spacial score (nSPS) is 10.3. The van der Waals surface area contributed by atoms with E-state index in [2.05, 4.69) is 49.5 Å². The summed E-state index contributed by atoms with van der Waals surface area (Å²) < 4.78 is 6.53. The van der Waals surface area contributed by atoms with Gasteiger partial charge in [0.05, 0.1) is 17.4 Å². The van der Waals surface area contributed by atoms with Crippen LogP contribution in [0.15, 0.2) is 22.2 Å². The molecule has 0 bridgehead atoms. The number of methoxy groups -OCH3 is 1. The third-order valence-corrected chi connectivity index (χ3v) is 4.23. The first-order valence-electron chi connectivity index (χ1n) is 6.35. The summed E-state index contributed by atoms with van der Waals surface area (Å²) in [7, 11) is 1.63. The molecular formula is C13H17BrN4OS. The molecule has 0 aliphatic heterocycles. The van der Waals surface area contributed by atoms with Crippen LogP contribution in [-0.4, -0.2) is 23.6 Å². The molecule has 5 nitrogen and oxygen atoms in total. The summed E-state index contributed by atoms with van der Waals surface area (Å²) >= 11 is 5.15. The second-order valence-corrected chi connectivity index (χ2v) is 6.64. The highest BCUT2D eigenvalue weighted by molar-refractivity contribution is 9.11. The van der Waals surface area contributed by atoms with Crippen molar-refractivity contribution in [1.29, 1.82) is 0 Å². The fraction of sp³-hybridized carbons (Fsp3) is 0.385. The van der Waals surface area contributed by atoms with Crippen molar-refractivity contribution in [2.45, 2.75) is 19.9 Å². The predicted molar refractivity (Wildman–Crippen MR) is 86.7 cm³/mol. The van der Waals surface area contributed by atoms with Gasteiger partial charge >= 0.3 is 0 Å². The maximum atomic E-state index is 5.41. The van der Waals surface area contributed by atoms with Crippen molar-refractivity contribution in [2.24, 2.45) is 0 Å². The van der Waals surface area contributed by atoms with E-state index in [0.29, 0.717) is 18.1 Å². The molecule has 0 spiro atoms. The number of thiophene rings is 1. The van der Waals surface area contributed by atoms with Crippen LogP contribution in [0, 0.1) is 0 Å². The Balaban J connectivity index is 2.10. The van der Waals surface area contributed by atoms with Crippen LogP contribution in [0.5, 0.6) is 5.75 Å². The van der Waals surface area contributed by atoms with Gasteiger partial charge in [-0.05, 0) is 34.5 Å². The molecule has 2 rings (SSSR count). The molecule has 0 aromatic carbocycles. The maximum Gasteiger partial charge on any atom is 0.204 e. The average Bonchev–Trinajstić information content (AvgIpc) is 2.88. The molecule has 0 saturated heterocycles. The minimum atomic E-state index is 0.650. The molecule has 20 heavy (non-hydrogen) atoms. The Bertz CT molecular complexity index is 561. The summed E-state index contributed by atoms with van der Waals surface area (Å²) in [4.78, 5) is 9.68. The molecule has 2 aromatic rings. The van der Waals surface area contributed by atoms with E-state index in [1.54, 1.807) is 18.4 Å². The van der Waals surface area contributed by atoms with Gasteiger partial charge in [0, 0.05) is 11.4 Å².